The van der Waals surface area contributed by atoms with Gasteiger partial charge in [-0.2, -0.15) is 5.10 Å². The van der Waals surface area contributed by atoms with Gasteiger partial charge in [-0.25, -0.2) is 9.67 Å². The third-order valence-electron chi connectivity index (χ3n) is 5.74. The zero-order valence-electron chi connectivity index (χ0n) is 17.8. The standard InChI is InChI=1S/C23H28N6O2/c1-18-5-6-20(15-21(18)29-11-3-7-26-29)23(31)28-10-2-4-19(16-28)14-22(30)25-9-13-27-12-8-24-17-27/h3,5-8,11-12,15,17,19H,2,4,9-10,13-14,16H2,1H3,(H,25,30). The molecule has 1 aromatic carbocycles. The Morgan fingerprint density at radius 2 is 2.13 bits per heavy atom. The molecule has 3 aromatic rings. The summed E-state index contributed by atoms with van der Waals surface area (Å²) in [6.07, 6.45) is 11.3. The molecule has 0 radical (unpaired) electrons. The quantitative estimate of drug-likeness (QED) is 0.636. The molecule has 2 amide bonds. The lowest BCUT2D eigenvalue weighted by Crippen LogP contribution is -2.41. The summed E-state index contributed by atoms with van der Waals surface area (Å²) in [6, 6.07) is 7.59. The number of aryl methyl sites for hydroxylation is 1. The van der Waals surface area contributed by atoms with Gasteiger partial charge in [-0.3, -0.25) is 9.59 Å². The molecule has 0 saturated carbocycles. The number of aromatic nitrogens is 4. The molecule has 1 aliphatic rings. The van der Waals surface area contributed by atoms with Crippen LogP contribution in [0.5, 0.6) is 0 Å². The smallest absolute Gasteiger partial charge is 0.253 e. The number of nitrogens with zero attached hydrogens (tertiary/aromatic N) is 5. The van der Waals surface area contributed by atoms with Crippen molar-refractivity contribution >= 4 is 11.8 Å². The van der Waals surface area contributed by atoms with Crippen molar-refractivity contribution in [2.75, 3.05) is 19.6 Å². The lowest BCUT2D eigenvalue weighted by Gasteiger charge is -2.32. The van der Waals surface area contributed by atoms with Gasteiger partial charge in [-0.15, -0.1) is 0 Å². The van der Waals surface area contributed by atoms with Crippen LogP contribution in [0.1, 0.15) is 35.2 Å². The van der Waals surface area contributed by atoms with Crippen molar-refractivity contribution in [3.05, 3.63) is 66.5 Å². The third-order valence-corrected chi connectivity index (χ3v) is 5.74. The van der Waals surface area contributed by atoms with Crippen molar-refractivity contribution in [1.29, 1.82) is 0 Å². The summed E-state index contributed by atoms with van der Waals surface area (Å²) in [4.78, 5) is 31.4. The molecule has 1 N–H and O–H groups in total. The predicted octanol–water partition coefficient (Wildman–Crippen LogP) is 2.44. The molecular formula is C23H28N6O2. The average molecular weight is 421 g/mol. The van der Waals surface area contributed by atoms with E-state index < -0.39 is 0 Å². The maximum atomic E-state index is 13.2. The minimum atomic E-state index is 0.0126. The lowest BCUT2D eigenvalue weighted by atomic mass is 9.94. The Morgan fingerprint density at radius 1 is 1.23 bits per heavy atom. The number of likely N-dealkylation sites (tertiary alicyclic amines) is 1. The Morgan fingerprint density at radius 3 is 2.90 bits per heavy atom. The zero-order valence-corrected chi connectivity index (χ0v) is 17.8. The van der Waals surface area contributed by atoms with Crippen molar-refractivity contribution < 1.29 is 9.59 Å². The number of amides is 2. The molecular weight excluding hydrogens is 392 g/mol. The summed E-state index contributed by atoms with van der Waals surface area (Å²) < 4.78 is 3.71. The van der Waals surface area contributed by atoms with Crippen molar-refractivity contribution in [3.63, 3.8) is 0 Å². The van der Waals surface area contributed by atoms with Crippen LogP contribution in [0.4, 0.5) is 0 Å². The molecule has 1 fully saturated rings. The highest BCUT2D eigenvalue weighted by Gasteiger charge is 2.26. The second-order valence-corrected chi connectivity index (χ2v) is 8.07. The minimum absolute atomic E-state index is 0.0126. The highest BCUT2D eigenvalue weighted by Crippen LogP contribution is 2.23. The van der Waals surface area contributed by atoms with Crippen LogP contribution >= 0.6 is 0 Å². The van der Waals surface area contributed by atoms with Gasteiger partial charge < -0.3 is 14.8 Å². The molecule has 1 unspecified atom stereocenters. The molecule has 31 heavy (non-hydrogen) atoms. The number of hydrogen-bond acceptors (Lipinski definition) is 4. The van der Waals surface area contributed by atoms with Crippen LogP contribution in [0, 0.1) is 12.8 Å². The summed E-state index contributed by atoms with van der Waals surface area (Å²) in [5, 5.41) is 7.26. The number of hydrogen-bond donors (Lipinski definition) is 1. The van der Waals surface area contributed by atoms with Gasteiger partial charge in [0.1, 0.15) is 0 Å². The maximum Gasteiger partial charge on any atom is 0.253 e. The first-order valence-electron chi connectivity index (χ1n) is 10.7. The molecule has 2 aromatic heterocycles. The van der Waals surface area contributed by atoms with Crippen molar-refractivity contribution in [2.24, 2.45) is 5.92 Å². The highest BCUT2D eigenvalue weighted by atomic mass is 16.2. The second kappa shape index (κ2) is 9.59. The monoisotopic (exact) mass is 420 g/mol. The number of rotatable bonds is 7. The largest absolute Gasteiger partial charge is 0.354 e. The summed E-state index contributed by atoms with van der Waals surface area (Å²) in [5.41, 5.74) is 2.62. The Bertz CT molecular complexity index is 1010. The zero-order chi connectivity index (χ0) is 21.6. The van der Waals surface area contributed by atoms with E-state index in [9.17, 15) is 9.59 Å². The first kappa shape index (κ1) is 20.8. The van der Waals surface area contributed by atoms with Crippen LogP contribution < -0.4 is 5.32 Å². The number of imidazole rings is 1. The fourth-order valence-electron chi connectivity index (χ4n) is 4.08. The average Bonchev–Trinajstić information content (AvgIpc) is 3.48. The van der Waals surface area contributed by atoms with E-state index in [1.165, 1.54) is 0 Å². The van der Waals surface area contributed by atoms with Gasteiger partial charge in [-0.05, 0) is 49.4 Å². The van der Waals surface area contributed by atoms with Crippen molar-refractivity contribution in [1.82, 2.24) is 29.5 Å². The Labute approximate surface area is 181 Å². The molecule has 1 aliphatic heterocycles. The van der Waals surface area contributed by atoms with E-state index in [0.29, 0.717) is 31.6 Å². The topological polar surface area (TPSA) is 85.0 Å². The number of piperidine rings is 1. The SMILES string of the molecule is Cc1ccc(C(=O)N2CCCC(CC(=O)NCCn3ccnc3)C2)cc1-n1cccn1. The van der Waals surface area contributed by atoms with Crippen LogP contribution in [0.15, 0.2) is 55.4 Å². The van der Waals surface area contributed by atoms with E-state index in [1.54, 1.807) is 23.4 Å². The van der Waals surface area contributed by atoms with Gasteiger partial charge in [0.05, 0.1) is 12.0 Å². The predicted molar refractivity (Wildman–Crippen MR) is 117 cm³/mol. The molecule has 0 bridgehead atoms. The van der Waals surface area contributed by atoms with Crippen LogP contribution in [0.3, 0.4) is 0 Å². The molecule has 8 heteroatoms. The van der Waals surface area contributed by atoms with E-state index in [2.05, 4.69) is 15.4 Å². The number of carbonyl (C=O) groups is 2. The Hall–Kier alpha value is -3.42. The summed E-state index contributed by atoms with van der Waals surface area (Å²) >= 11 is 0. The molecule has 4 rings (SSSR count). The first-order valence-corrected chi connectivity index (χ1v) is 10.7. The number of benzene rings is 1. The Balaban J connectivity index is 1.33. The molecule has 0 aliphatic carbocycles. The van der Waals surface area contributed by atoms with Crippen LogP contribution in [-0.2, 0) is 11.3 Å². The van der Waals surface area contributed by atoms with Crippen LogP contribution in [-0.4, -0.2) is 55.7 Å². The minimum Gasteiger partial charge on any atom is -0.354 e. The van der Waals surface area contributed by atoms with Gasteiger partial charge in [0.25, 0.3) is 5.91 Å². The molecule has 162 valence electrons. The van der Waals surface area contributed by atoms with Gasteiger partial charge in [0.15, 0.2) is 0 Å². The lowest BCUT2D eigenvalue weighted by molar-refractivity contribution is -0.122. The van der Waals surface area contributed by atoms with E-state index in [4.69, 9.17) is 0 Å². The Kier molecular flexibility index (Phi) is 6.45. The molecule has 8 nitrogen and oxygen atoms in total. The van der Waals surface area contributed by atoms with Crippen LogP contribution in [0.2, 0.25) is 0 Å². The van der Waals surface area contributed by atoms with Gasteiger partial charge in [0, 0.05) is 63.0 Å². The fourth-order valence-corrected chi connectivity index (χ4v) is 4.08. The third kappa shape index (κ3) is 5.20. The van der Waals surface area contributed by atoms with Crippen molar-refractivity contribution in [3.8, 4) is 5.69 Å². The van der Waals surface area contributed by atoms with E-state index in [0.717, 1.165) is 30.6 Å². The maximum absolute atomic E-state index is 13.2. The van der Waals surface area contributed by atoms with E-state index in [1.807, 2.05) is 53.0 Å². The van der Waals surface area contributed by atoms with E-state index in [-0.39, 0.29) is 17.7 Å². The number of nitrogens with one attached hydrogen (secondary N) is 1. The second-order valence-electron chi connectivity index (χ2n) is 8.07. The molecule has 0 spiro atoms. The summed E-state index contributed by atoms with van der Waals surface area (Å²) in [6.45, 7) is 4.62. The first-order chi connectivity index (χ1) is 15.1. The normalized spacial score (nSPS) is 16.3. The summed E-state index contributed by atoms with van der Waals surface area (Å²) in [7, 11) is 0. The van der Waals surface area contributed by atoms with E-state index >= 15 is 0 Å². The summed E-state index contributed by atoms with van der Waals surface area (Å²) in [5.74, 6) is 0.233. The molecule has 3 heterocycles. The van der Waals surface area contributed by atoms with Crippen molar-refractivity contribution in [2.45, 2.75) is 32.7 Å². The van der Waals surface area contributed by atoms with Gasteiger partial charge in [-0.1, -0.05) is 6.07 Å². The highest BCUT2D eigenvalue weighted by molar-refractivity contribution is 5.95. The van der Waals surface area contributed by atoms with Gasteiger partial charge in [0.2, 0.25) is 5.91 Å². The number of carbonyl (C=O) groups excluding carboxylic acids is 2. The molecule has 1 saturated heterocycles. The molecule has 1 atom stereocenters. The van der Waals surface area contributed by atoms with Crippen LogP contribution in [0.25, 0.3) is 5.69 Å². The van der Waals surface area contributed by atoms with Gasteiger partial charge >= 0.3 is 0 Å². The fraction of sp³-hybridized carbons (Fsp3) is 0.391.